The molecule has 0 N–H and O–H groups in total. The molecule has 0 radical (unpaired) electrons. The Balaban J connectivity index is 1.03. The summed E-state index contributed by atoms with van der Waals surface area (Å²) in [4.78, 5) is 21.0. The van der Waals surface area contributed by atoms with Crippen LogP contribution in [0.1, 0.15) is 0 Å². The molecule has 0 unspecified atom stereocenters. The molecule has 0 aliphatic carbocycles. The Kier molecular flexibility index (Phi) is 6.82. The van der Waals surface area contributed by atoms with Gasteiger partial charge in [-0.25, -0.2) is 19.9 Å². The molecule has 10 aromatic rings. The lowest BCUT2D eigenvalue weighted by atomic mass is 10.00. The predicted octanol–water partition coefficient (Wildman–Crippen LogP) is 12.3. The fourth-order valence-electron chi connectivity index (χ4n) is 6.73. The van der Waals surface area contributed by atoms with E-state index >= 15 is 0 Å². The molecule has 234 valence electrons. The van der Waals surface area contributed by atoms with Crippen molar-refractivity contribution in [3.05, 3.63) is 158 Å². The van der Waals surface area contributed by atoms with Gasteiger partial charge < -0.3 is 0 Å². The van der Waals surface area contributed by atoms with Gasteiger partial charge in [0.25, 0.3) is 0 Å². The second kappa shape index (κ2) is 11.8. The van der Waals surface area contributed by atoms with Crippen LogP contribution in [0.25, 0.3) is 97.0 Å². The molecule has 50 heavy (non-hydrogen) atoms. The van der Waals surface area contributed by atoms with Gasteiger partial charge in [0.1, 0.15) is 4.83 Å². The molecule has 0 aliphatic rings. The molecule has 6 heteroatoms. The highest BCUT2D eigenvalue weighted by Crippen LogP contribution is 2.47. The third kappa shape index (κ3) is 4.88. The highest BCUT2D eigenvalue weighted by atomic mass is 32.1. The van der Waals surface area contributed by atoms with Gasteiger partial charge in [-0.3, -0.25) is 0 Å². The Morgan fingerprint density at radius 1 is 0.320 bits per heavy atom. The van der Waals surface area contributed by atoms with Gasteiger partial charge in [0.05, 0.1) is 10.4 Å². The number of pyridine rings is 1. The molecular formula is C44H26N4S2. The fraction of sp³-hybridized carbons (Fsp3) is 0. The number of benzene rings is 6. The Bertz CT molecular complexity index is 2780. The predicted molar refractivity (Wildman–Crippen MR) is 211 cm³/mol. The molecule has 4 aromatic heterocycles. The molecular weight excluding hydrogens is 649 g/mol. The van der Waals surface area contributed by atoms with E-state index in [4.69, 9.17) is 19.9 Å². The number of rotatable bonds is 5. The van der Waals surface area contributed by atoms with Gasteiger partial charge in [-0.15, -0.1) is 22.7 Å². The first-order valence-corrected chi connectivity index (χ1v) is 18.1. The minimum atomic E-state index is 0.648. The zero-order valence-corrected chi connectivity index (χ0v) is 28.2. The van der Waals surface area contributed by atoms with Crippen LogP contribution in [0, 0.1) is 0 Å². The largest absolute Gasteiger partial charge is 0.235 e. The van der Waals surface area contributed by atoms with Crippen molar-refractivity contribution in [3.8, 4) is 56.5 Å². The van der Waals surface area contributed by atoms with Gasteiger partial charge in [0, 0.05) is 53.2 Å². The molecule has 0 bridgehead atoms. The normalized spacial score (nSPS) is 11.6. The third-order valence-corrected chi connectivity index (χ3v) is 11.4. The molecule has 0 amide bonds. The van der Waals surface area contributed by atoms with Crippen molar-refractivity contribution in [2.24, 2.45) is 0 Å². The molecule has 0 atom stereocenters. The highest BCUT2D eigenvalue weighted by Gasteiger charge is 2.19. The molecule has 10 rings (SSSR count). The Morgan fingerprint density at radius 2 is 0.740 bits per heavy atom. The van der Waals surface area contributed by atoms with Crippen LogP contribution < -0.4 is 0 Å². The summed E-state index contributed by atoms with van der Waals surface area (Å²) in [6, 6.07) is 54.8. The number of thiophene rings is 2. The lowest BCUT2D eigenvalue weighted by Gasteiger charge is -2.09. The lowest BCUT2D eigenvalue weighted by molar-refractivity contribution is 1.07. The van der Waals surface area contributed by atoms with E-state index in [-0.39, 0.29) is 0 Å². The molecule has 0 spiro atoms. The standard InChI is InChI=1S/C44H26N4S2/c1-3-11-30(12-4-1)41-46-42(31-13-5-2-6-14-31)48-43(47-41)32-25-21-28(22-26-32)27-19-23-29(24-20-27)39-40-37(33-15-7-9-17-35(33)49-40)38-34-16-8-10-18-36(34)50-44(38)45-39/h1-26H. The third-order valence-electron chi connectivity index (χ3n) is 9.18. The van der Waals surface area contributed by atoms with Crippen molar-refractivity contribution in [3.63, 3.8) is 0 Å². The minimum absolute atomic E-state index is 0.648. The van der Waals surface area contributed by atoms with E-state index in [1.54, 1.807) is 11.3 Å². The van der Waals surface area contributed by atoms with Crippen molar-refractivity contribution >= 4 is 63.1 Å². The molecule has 0 saturated heterocycles. The maximum Gasteiger partial charge on any atom is 0.164 e. The molecule has 4 nitrogen and oxygen atoms in total. The average Bonchev–Trinajstić information content (AvgIpc) is 3.77. The quantitative estimate of drug-likeness (QED) is 0.182. The van der Waals surface area contributed by atoms with E-state index in [0.717, 1.165) is 43.9 Å². The summed E-state index contributed by atoms with van der Waals surface area (Å²) in [6.45, 7) is 0. The van der Waals surface area contributed by atoms with Gasteiger partial charge in [-0.1, -0.05) is 146 Å². The van der Waals surface area contributed by atoms with E-state index in [1.807, 2.05) is 72.0 Å². The van der Waals surface area contributed by atoms with Gasteiger partial charge in [0.2, 0.25) is 0 Å². The van der Waals surface area contributed by atoms with E-state index in [2.05, 4.69) is 97.1 Å². The SMILES string of the molecule is c1ccc(-c2nc(-c3ccccc3)nc(-c3ccc(-c4ccc(-c5nc6sc7ccccc7c6c6c5sc5ccccc56)cc4)cc3)n2)cc1. The summed E-state index contributed by atoms with van der Waals surface area (Å²) in [5.74, 6) is 1.96. The highest BCUT2D eigenvalue weighted by molar-refractivity contribution is 7.28. The van der Waals surface area contributed by atoms with E-state index in [9.17, 15) is 0 Å². The maximum absolute atomic E-state index is 5.32. The number of aromatic nitrogens is 4. The first-order valence-electron chi connectivity index (χ1n) is 16.5. The fourth-order valence-corrected chi connectivity index (χ4v) is 9.04. The number of hydrogen-bond donors (Lipinski definition) is 0. The van der Waals surface area contributed by atoms with Gasteiger partial charge in [0.15, 0.2) is 17.5 Å². The van der Waals surface area contributed by atoms with Crippen molar-refractivity contribution in [1.29, 1.82) is 0 Å². The second-order valence-electron chi connectivity index (χ2n) is 12.2. The van der Waals surface area contributed by atoms with Gasteiger partial charge in [-0.05, 0) is 23.3 Å². The Morgan fingerprint density at radius 3 is 1.30 bits per heavy atom. The van der Waals surface area contributed by atoms with Crippen LogP contribution in [-0.4, -0.2) is 19.9 Å². The summed E-state index contributed by atoms with van der Waals surface area (Å²) in [7, 11) is 0. The average molecular weight is 675 g/mol. The number of fused-ring (bicyclic) bond motifs is 7. The number of hydrogen-bond acceptors (Lipinski definition) is 6. The van der Waals surface area contributed by atoms with Crippen molar-refractivity contribution < 1.29 is 0 Å². The van der Waals surface area contributed by atoms with Gasteiger partial charge >= 0.3 is 0 Å². The minimum Gasteiger partial charge on any atom is -0.235 e. The Hall–Kier alpha value is -6.08. The summed E-state index contributed by atoms with van der Waals surface area (Å²) in [5, 5.41) is 5.16. The first kappa shape index (κ1) is 28.9. The summed E-state index contributed by atoms with van der Waals surface area (Å²) in [5.41, 5.74) is 7.28. The summed E-state index contributed by atoms with van der Waals surface area (Å²) in [6.07, 6.45) is 0. The van der Waals surface area contributed by atoms with Crippen LogP contribution in [-0.2, 0) is 0 Å². The first-order chi connectivity index (χ1) is 24.8. The van der Waals surface area contributed by atoms with Crippen LogP contribution in [0.2, 0.25) is 0 Å². The van der Waals surface area contributed by atoms with E-state index in [0.29, 0.717) is 17.5 Å². The summed E-state index contributed by atoms with van der Waals surface area (Å²) < 4.78 is 3.80. The van der Waals surface area contributed by atoms with Gasteiger partial charge in [-0.2, -0.15) is 0 Å². The van der Waals surface area contributed by atoms with Crippen LogP contribution in [0.5, 0.6) is 0 Å². The molecule has 6 aromatic carbocycles. The molecule has 0 aliphatic heterocycles. The number of nitrogens with zero attached hydrogens (tertiary/aromatic N) is 4. The van der Waals surface area contributed by atoms with Crippen molar-refractivity contribution in [2.75, 3.05) is 0 Å². The molecule has 0 saturated carbocycles. The van der Waals surface area contributed by atoms with Crippen molar-refractivity contribution in [2.45, 2.75) is 0 Å². The van der Waals surface area contributed by atoms with Crippen LogP contribution in [0.15, 0.2) is 158 Å². The maximum atomic E-state index is 5.32. The molecule has 4 heterocycles. The molecule has 0 fully saturated rings. The Labute approximate surface area is 296 Å². The smallest absolute Gasteiger partial charge is 0.164 e. The van der Waals surface area contributed by atoms with Crippen LogP contribution in [0.4, 0.5) is 0 Å². The second-order valence-corrected chi connectivity index (χ2v) is 14.3. The van der Waals surface area contributed by atoms with Crippen molar-refractivity contribution in [1.82, 2.24) is 19.9 Å². The summed E-state index contributed by atoms with van der Waals surface area (Å²) >= 11 is 3.61. The lowest BCUT2D eigenvalue weighted by Crippen LogP contribution is -2.00. The van der Waals surface area contributed by atoms with E-state index in [1.165, 1.54) is 35.6 Å². The van der Waals surface area contributed by atoms with E-state index < -0.39 is 0 Å². The monoisotopic (exact) mass is 674 g/mol. The zero-order chi connectivity index (χ0) is 33.0. The van der Waals surface area contributed by atoms with Crippen LogP contribution >= 0.6 is 22.7 Å². The van der Waals surface area contributed by atoms with Crippen LogP contribution in [0.3, 0.4) is 0 Å². The topological polar surface area (TPSA) is 51.6 Å². The zero-order valence-electron chi connectivity index (χ0n) is 26.6.